The first kappa shape index (κ1) is 27.1. The third-order valence-corrected chi connectivity index (χ3v) is 7.51. The first-order valence-corrected chi connectivity index (χ1v) is 12.1. The van der Waals surface area contributed by atoms with Crippen LogP contribution in [-0.4, -0.2) is 31.9 Å². The van der Waals surface area contributed by atoms with Crippen molar-refractivity contribution in [3.63, 3.8) is 0 Å². The van der Waals surface area contributed by atoms with E-state index in [1.165, 1.54) is 24.4 Å². The van der Waals surface area contributed by atoms with Crippen LogP contribution in [0, 0.1) is 12.7 Å². The molecule has 0 bridgehead atoms. The van der Waals surface area contributed by atoms with Gasteiger partial charge in [0.1, 0.15) is 21.8 Å². The maximum Gasteiger partial charge on any atom is 0.416 e. The van der Waals surface area contributed by atoms with Gasteiger partial charge in [-0.1, -0.05) is 29.3 Å². The highest BCUT2D eigenvalue weighted by Crippen LogP contribution is 2.39. The van der Waals surface area contributed by atoms with E-state index in [1.807, 2.05) is 4.98 Å². The lowest BCUT2D eigenvalue weighted by atomic mass is 10.1. The molecule has 196 valence electrons. The fourth-order valence-corrected chi connectivity index (χ4v) is 5.25. The monoisotopic (exact) mass is 577 g/mol. The normalized spacial score (nSPS) is 13.6. The van der Waals surface area contributed by atoms with Gasteiger partial charge in [0.15, 0.2) is 6.10 Å². The van der Waals surface area contributed by atoms with Crippen LogP contribution >= 0.6 is 34.5 Å². The van der Waals surface area contributed by atoms with E-state index in [1.54, 1.807) is 19.9 Å². The van der Waals surface area contributed by atoms with Crippen molar-refractivity contribution in [1.29, 1.82) is 0 Å². The topological polar surface area (TPSA) is 97.2 Å². The van der Waals surface area contributed by atoms with Gasteiger partial charge in [0.2, 0.25) is 5.88 Å². The van der Waals surface area contributed by atoms with Crippen LogP contribution in [0.15, 0.2) is 40.1 Å². The minimum absolute atomic E-state index is 0.00353. The molecule has 3 heterocycles. The minimum Gasteiger partial charge on any atom is -0.469 e. The van der Waals surface area contributed by atoms with Gasteiger partial charge in [-0.3, -0.25) is 14.3 Å². The van der Waals surface area contributed by atoms with Crippen molar-refractivity contribution in [1.82, 2.24) is 14.5 Å². The Labute approximate surface area is 219 Å². The zero-order valence-corrected chi connectivity index (χ0v) is 21.3. The second kappa shape index (κ2) is 10.1. The number of aryl methyl sites for hydroxylation is 1. The minimum atomic E-state index is -4.96. The van der Waals surface area contributed by atoms with E-state index in [4.69, 9.17) is 27.9 Å². The molecule has 37 heavy (non-hydrogen) atoms. The zero-order chi connectivity index (χ0) is 27.2. The van der Waals surface area contributed by atoms with Crippen LogP contribution < -0.4 is 16.0 Å². The van der Waals surface area contributed by atoms with Gasteiger partial charge in [0.25, 0.3) is 5.56 Å². The highest BCUT2D eigenvalue weighted by atomic mass is 35.5. The molecule has 0 fully saturated rings. The van der Waals surface area contributed by atoms with E-state index in [2.05, 4.69) is 4.98 Å². The number of nitrogens with zero attached hydrogens (tertiary/aromatic N) is 2. The highest BCUT2D eigenvalue weighted by Gasteiger charge is 2.39. The zero-order valence-electron chi connectivity index (χ0n) is 19.0. The van der Waals surface area contributed by atoms with E-state index in [9.17, 15) is 32.3 Å². The Kier molecular flexibility index (Phi) is 7.39. The Bertz CT molecular complexity index is 1620. The van der Waals surface area contributed by atoms with Crippen LogP contribution in [0.25, 0.3) is 20.7 Å². The summed E-state index contributed by atoms with van der Waals surface area (Å²) in [5.41, 5.74) is -0.576. The number of ether oxygens (including phenoxy) is 1. The molecule has 0 saturated heterocycles. The summed E-state index contributed by atoms with van der Waals surface area (Å²) < 4.78 is 59.0. The number of aromatic amines is 1. The molecule has 14 heteroatoms. The van der Waals surface area contributed by atoms with Crippen molar-refractivity contribution >= 4 is 44.8 Å². The highest BCUT2D eigenvalue weighted by molar-refractivity contribution is 7.22. The van der Waals surface area contributed by atoms with E-state index < -0.39 is 42.0 Å². The van der Waals surface area contributed by atoms with Gasteiger partial charge < -0.3 is 9.84 Å². The fraction of sp³-hybridized carbons (Fsp3) is 0.261. The molecule has 0 aliphatic carbocycles. The van der Waals surface area contributed by atoms with Crippen molar-refractivity contribution in [2.24, 2.45) is 0 Å². The van der Waals surface area contributed by atoms with Gasteiger partial charge in [0.05, 0.1) is 17.0 Å². The van der Waals surface area contributed by atoms with Crippen LogP contribution in [-0.2, 0) is 6.54 Å². The second-order valence-corrected chi connectivity index (χ2v) is 9.92. The van der Waals surface area contributed by atoms with Crippen molar-refractivity contribution in [2.45, 2.75) is 38.8 Å². The number of pyridine rings is 1. The lowest BCUT2D eigenvalue weighted by Crippen LogP contribution is -2.38. The second-order valence-electron chi connectivity index (χ2n) is 8.11. The van der Waals surface area contributed by atoms with E-state index in [-0.39, 0.29) is 26.1 Å². The first-order valence-electron chi connectivity index (χ1n) is 10.6. The number of thiophene rings is 1. The molecule has 4 aromatic rings. The predicted octanol–water partition coefficient (Wildman–Crippen LogP) is 5.63. The van der Waals surface area contributed by atoms with Gasteiger partial charge in [-0.2, -0.15) is 13.2 Å². The summed E-state index contributed by atoms with van der Waals surface area (Å²) in [5, 5.41) is 9.54. The van der Waals surface area contributed by atoms with Gasteiger partial charge in [0, 0.05) is 16.6 Å². The van der Waals surface area contributed by atoms with Gasteiger partial charge >= 0.3 is 11.9 Å². The average Bonchev–Trinajstić information content (AvgIpc) is 3.16. The van der Waals surface area contributed by atoms with Crippen LogP contribution in [0.3, 0.4) is 0 Å². The van der Waals surface area contributed by atoms with Gasteiger partial charge in [-0.15, -0.1) is 11.3 Å². The maximum atomic E-state index is 13.8. The van der Waals surface area contributed by atoms with Crippen molar-refractivity contribution in [3.05, 3.63) is 78.3 Å². The van der Waals surface area contributed by atoms with E-state index >= 15 is 0 Å². The lowest BCUT2D eigenvalue weighted by Gasteiger charge is -2.16. The largest absolute Gasteiger partial charge is 0.469 e. The number of H-pyrrole nitrogens is 1. The number of aliphatic hydroxyl groups is 1. The van der Waals surface area contributed by atoms with Crippen molar-refractivity contribution < 1.29 is 27.4 Å². The number of rotatable bonds is 6. The van der Waals surface area contributed by atoms with Crippen LogP contribution in [0.1, 0.15) is 24.2 Å². The molecule has 2 atom stereocenters. The molecule has 0 amide bonds. The number of aliphatic hydroxyl groups excluding tert-OH is 1. The molecular formula is C23H17Cl2F4N3O4S. The Morgan fingerprint density at radius 3 is 2.54 bits per heavy atom. The maximum absolute atomic E-state index is 13.8. The Balaban J connectivity index is 1.71. The van der Waals surface area contributed by atoms with E-state index in [0.29, 0.717) is 26.1 Å². The smallest absolute Gasteiger partial charge is 0.416 e. The Hall–Kier alpha value is -2.93. The summed E-state index contributed by atoms with van der Waals surface area (Å²) in [6.45, 7) is 2.13. The van der Waals surface area contributed by atoms with Crippen molar-refractivity contribution in [2.75, 3.05) is 0 Å². The number of halogens is 6. The molecule has 0 saturated carbocycles. The quantitative estimate of drug-likeness (QED) is 0.289. The summed E-state index contributed by atoms with van der Waals surface area (Å²) in [4.78, 5) is 31.3. The molecule has 1 aromatic carbocycles. The molecule has 1 unspecified atom stereocenters. The molecule has 0 aliphatic rings. The standard InChI is InChI=1S/C23H17Cl2F4N3O4S/c1-9-17-19(34)31-22(35)32(8-16(33)23(27,28)29)21(17)37-18(9)12-5-14(25)20(30-7-12)36-10(2)11-3-4-13(24)15(26)6-11/h3-7,10,16,33H,8H2,1-2H3,(H,31,34,35)/t10?,16-/m1/s1. The number of nitrogens with one attached hydrogen (secondary N) is 1. The first-order chi connectivity index (χ1) is 17.3. The summed E-state index contributed by atoms with van der Waals surface area (Å²) in [6, 6.07) is 5.69. The third kappa shape index (κ3) is 5.37. The Morgan fingerprint density at radius 2 is 1.92 bits per heavy atom. The molecule has 2 N–H and O–H groups in total. The third-order valence-electron chi connectivity index (χ3n) is 5.57. The molecule has 3 aromatic heterocycles. The molecule has 0 aliphatic heterocycles. The number of aromatic nitrogens is 3. The fourth-order valence-electron chi connectivity index (χ4n) is 3.63. The summed E-state index contributed by atoms with van der Waals surface area (Å²) >= 11 is 13.0. The van der Waals surface area contributed by atoms with Crippen LogP contribution in [0.5, 0.6) is 5.88 Å². The molecule has 0 spiro atoms. The number of fused-ring (bicyclic) bond motifs is 1. The van der Waals surface area contributed by atoms with Gasteiger partial charge in [-0.05, 0) is 43.2 Å². The number of alkyl halides is 3. The summed E-state index contributed by atoms with van der Waals surface area (Å²) in [5.74, 6) is -0.574. The number of benzene rings is 1. The molecular weight excluding hydrogens is 561 g/mol. The lowest BCUT2D eigenvalue weighted by molar-refractivity contribution is -0.207. The SMILES string of the molecule is Cc1c(-c2cnc(OC(C)c3ccc(Cl)c(F)c3)c(Cl)c2)sc2c1c(=O)[nH]c(=O)n2C[C@@H](O)C(F)(F)F. The summed E-state index contributed by atoms with van der Waals surface area (Å²) in [6.07, 6.45) is -7.02. The van der Waals surface area contributed by atoms with Gasteiger partial charge in [-0.25, -0.2) is 14.2 Å². The summed E-state index contributed by atoms with van der Waals surface area (Å²) in [7, 11) is 0. The van der Waals surface area contributed by atoms with E-state index in [0.717, 1.165) is 11.3 Å². The Morgan fingerprint density at radius 1 is 1.22 bits per heavy atom. The number of hydrogen-bond acceptors (Lipinski definition) is 6. The van der Waals surface area contributed by atoms with Crippen LogP contribution in [0.2, 0.25) is 10.0 Å². The van der Waals surface area contributed by atoms with Crippen LogP contribution in [0.4, 0.5) is 17.6 Å². The average molecular weight is 578 g/mol. The number of hydrogen-bond donors (Lipinski definition) is 2. The predicted molar refractivity (Wildman–Crippen MR) is 132 cm³/mol. The molecule has 4 rings (SSSR count). The van der Waals surface area contributed by atoms with Crippen molar-refractivity contribution in [3.8, 4) is 16.3 Å². The molecule has 7 nitrogen and oxygen atoms in total. The molecule has 0 radical (unpaired) electrons.